The highest BCUT2D eigenvalue weighted by atomic mass is 16.2. The first-order chi connectivity index (χ1) is 6.54. The summed E-state index contributed by atoms with van der Waals surface area (Å²) in [5.74, 6) is 2.31. The van der Waals surface area contributed by atoms with E-state index in [0.717, 1.165) is 19.3 Å². The zero-order valence-corrected chi connectivity index (χ0v) is 8.76. The van der Waals surface area contributed by atoms with E-state index >= 15 is 0 Å². The second-order valence-corrected chi connectivity index (χ2v) is 3.65. The van der Waals surface area contributed by atoms with Crippen LogP contribution in [0.15, 0.2) is 0 Å². The maximum Gasteiger partial charge on any atom is 0.239 e. The van der Waals surface area contributed by atoms with E-state index in [1.165, 1.54) is 0 Å². The lowest BCUT2D eigenvalue weighted by Crippen LogP contribution is -2.36. The summed E-state index contributed by atoms with van der Waals surface area (Å²) in [5, 5.41) is 11.4. The van der Waals surface area contributed by atoms with E-state index in [2.05, 4.69) is 11.2 Å². The normalized spacial score (nSPS) is 10.0. The minimum Gasteiger partial charge on any atom is -0.355 e. The number of unbranched alkanes of at least 4 members (excludes halogenated alkanes) is 2. The Kier molecular flexibility index (Phi) is 5.41. The predicted octanol–water partition coefficient (Wildman–Crippen LogP) is 1.46. The highest BCUT2D eigenvalue weighted by Gasteiger charge is 2.26. The Hall–Kier alpha value is -1.48. The summed E-state index contributed by atoms with van der Waals surface area (Å²) in [6, 6.07) is 1.95. The number of hydrogen-bond donors (Lipinski definition) is 1. The molecule has 0 unspecified atom stereocenters. The molecule has 0 saturated carbocycles. The van der Waals surface area contributed by atoms with Gasteiger partial charge in [0.2, 0.25) is 5.91 Å². The van der Waals surface area contributed by atoms with Gasteiger partial charge in [-0.3, -0.25) is 4.79 Å². The Balaban J connectivity index is 3.67. The Morgan fingerprint density at radius 1 is 1.50 bits per heavy atom. The Morgan fingerprint density at radius 2 is 2.14 bits per heavy atom. The second-order valence-electron chi connectivity index (χ2n) is 3.65. The summed E-state index contributed by atoms with van der Waals surface area (Å²) >= 11 is 0. The number of nitrogens with one attached hydrogen (secondary N) is 1. The van der Waals surface area contributed by atoms with Gasteiger partial charge in [0.1, 0.15) is 5.41 Å². The van der Waals surface area contributed by atoms with Crippen molar-refractivity contribution in [2.45, 2.75) is 33.1 Å². The number of rotatable bonds is 5. The van der Waals surface area contributed by atoms with Gasteiger partial charge in [-0.05, 0) is 26.7 Å². The molecule has 3 heteroatoms. The van der Waals surface area contributed by atoms with E-state index in [4.69, 9.17) is 11.7 Å². The molecule has 0 heterocycles. The Labute approximate surface area is 85.5 Å². The molecule has 0 radical (unpaired) electrons. The average Bonchev–Trinajstić information content (AvgIpc) is 2.17. The highest BCUT2D eigenvalue weighted by molar-refractivity contribution is 5.84. The molecule has 1 amide bonds. The molecule has 0 aliphatic carbocycles. The van der Waals surface area contributed by atoms with Crippen molar-refractivity contribution in [2.24, 2.45) is 5.41 Å². The third-order valence-electron chi connectivity index (χ3n) is 1.88. The minimum atomic E-state index is -0.938. The molecule has 0 rings (SSSR count). The van der Waals surface area contributed by atoms with Gasteiger partial charge in [0.15, 0.2) is 0 Å². The van der Waals surface area contributed by atoms with Crippen LogP contribution in [0.25, 0.3) is 0 Å². The lowest BCUT2D eigenvalue weighted by atomic mass is 9.95. The van der Waals surface area contributed by atoms with Crippen LogP contribution >= 0.6 is 0 Å². The third kappa shape index (κ3) is 4.52. The van der Waals surface area contributed by atoms with Gasteiger partial charge in [-0.15, -0.1) is 12.3 Å². The Morgan fingerprint density at radius 3 is 2.64 bits per heavy atom. The van der Waals surface area contributed by atoms with Crippen LogP contribution in [0.5, 0.6) is 0 Å². The van der Waals surface area contributed by atoms with Crippen LogP contribution in [0.1, 0.15) is 33.1 Å². The lowest BCUT2D eigenvalue weighted by Gasteiger charge is -2.14. The fourth-order valence-electron chi connectivity index (χ4n) is 0.826. The molecule has 0 aliphatic heterocycles. The predicted molar refractivity (Wildman–Crippen MR) is 55.1 cm³/mol. The zero-order valence-electron chi connectivity index (χ0n) is 8.76. The summed E-state index contributed by atoms with van der Waals surface area (Å²) in [6.07, 6.45) is 7.58. The van der Waals surface area contributed by atoms with Crippen LogP contribution in [0.4, 0.5) is 0 Å². The van der Waals surface area contributed by atoms with Crippen LogP contribution in [0.2, 0.25) is 0 Å². The number of amides is 1. The zero-order chi connectivity index (χ0) is 11.0. The van der Waals surface area contributed by atoms with Crippen LogP contribution < -0.4 is 5.32 Å². The quantitative estimate of drug-likeness (QED) is 0.529. The van der Waals surface area contributed by atoms with Gasteiger partial charge in [0.05, 0.1) is 6.07 Å². The van der Waals surface area contributed by atoms with Crippen LogP contribution in [0.3, 0.4) is 0 Å². The monoisotopic (exact) mass is 192 g/mol. The van der Waals surface area contributed by atoms with E-state index in [1.807, 2.05) is 6.07 Å². The molecule has 76 valence electrons. The van der Waals surface area contributed by atoms with Crippen molar-refractivity contribution in [1.82, 2.24) is 5.32 Å². The van der Waals surface area contributed by atoms with Crippen molar-refractivity contribution in [3.63, 3.8) is 0 Å². The largest absolute Gasteiger partial charge is 0.355 e. The summed E-state index contributed by atoms with van der Waals surface area (Å²) in [4.78, 5) is 11.4. The number of hydrogen-bond acceptors (Lipinski definition) is 2. The van der Waals surface area contributed by atoms with Gasteiger partial charge in [0, 0.05) is 13.0 Å². The molecule has 0 aliphatic rings. The molecule has 14 heavy (non-hydrogen) atoms. The summed E-state index contributed by atoms with van der Waals surface area (Å²) < 4.78 is 0. The van der Waals surface area contributed by atoms with Crippen molar-refractivity contribution < 1.29 is 4.79 Å². The molecule has 1 N–H and O–H groups in total. The molecular formula is C11H16N2O. The van der Waals surface area contributed by atoms with Crippen LogP contribution in [0, 0.1) is 29.1 Å². The highest BCUT2D eigenvalue weighted by Crippen LogP contribution is 2.12. The first kappa shape index (κ1) is 12.5. The smallest absolute Gasteiger partial charge is 0.239 e. The van der Waals surface area contributed by atoms with Crippen LogP contribution in [-0.4, -0.2) is 12.5 Å². The number of carbonyl (C=O) groups excluding carboxylic acids is 1. The number of nitriles is 1. The van der Waals surface area contributed by atoms with E-state index in [-0.39, 0.29) is 5.91 Å². The fraction of sp³-hybridized carbons (Fsp3) is 0.636. The Bertz CT molecular complexity index is 268. The van der Waals surface area contributed by atoms with Crippen molar-refractivity contribution in [2.75, 3.05) is 6.54 Å². The van der Waals surface area contributed by atoms with Gasteiger partial charge in [-0.25, -0.2) is 0 Å². The molecule has 0 spiro atoms. The standard InChI is InChI=1S/C11H16N2O/c1-4-5-6-7-8-13-10(14)11(2,3)9-12/h1H,5-8H2,2-3H3,(H,13,14). The number of terminal acetylenes is 1. The van der Waals surface area contributed by atoms with E-state index in [1.54, 1.807) is 13.8 Å². The second kappa shape index (κ2) is 6.05. The molecule has 0 aromatic carbocycles. The average molecular weight is 192 g/mol. The number of nitrogens with zero attached hydrogens (tertiary/aromatic N) is 1. The summed E-state index contributed by atoms with van der Waals surface area (Å²) in [5.41, 5.74) is -0.938. The molecular weight excluding hydrogens is 176 g/mol. The maximum atomic E-state index is 11.4. The molecule has 0 atom stereocenters. The van der Waals surface area contributed by atoms with Crippen molar-refractivity contribution in [3.8, 4) is 18.4 Å². The molecule has 0 aromatic rings. The van der Waals surface area contributed by atoms with E-state index in [0.29, 0.717) is 6.54 Å². The van der Waals surface area contributed by atoms with Gasteiger partial charge in [-0.1, -0.05) is 0 Å². The van der Waals surface area contributed by atoms with Crippen LogP contribution in [-0.2, 0) is 4.79 Å². The molecule has 0 aromatic heterocycles. The van der Waals surface area contributed by atoms with E-state index < -0.39 is 5.41 Å². The summed E-state index contributed by atoms with van der Waals surface area (Å²) in [7, 11) is 0. The van der Waals surface area contributed by atoms with Gasteiger partial charge < -0.3 is 5.32 Å². The SMILES string of the molecule is C#CCCCCNC(=O)C(C)(C)C#N. The van der Waals surface area contributed by atoms with Gasteiger partial charge in [0.25, 0.3) is 0 Å². The topological polar surface area (TPSA) is 52.9 Å². The minimum absolute atomic E-state index is 0.222. The van der Waals surface area contributed by atoms with Crippen molar-refractivity contribution >= 4 is 5.91 Å². The molecule has 0 fully saturated rings. The number of carbonyl (C=O) groups is 1. The van der Waals surface area contributed by atoms with E-state index in [9.17, 15) is 4.79 Å². The molecule has 3 nitrogen and oxygen atoms in total. The fourth-order valence-corrected chi connectivity index (χ4v) is 0.826. The van der Waals surface area contributed by atoms with Crippen molar-refractivity contribution in [3.05, 3.63) is 0 Å². The molecule has 0 bridgehead atoms. The lowest BCUT2D eigenvalue weighted by molar-refractivity contribution is -0.126. The van der Waals surface area contributed by atoms with Gasteiger partial charge in [-0.2, -0.15) is 5.26 Å². The first-order valence-corrected chi connectivity index (χ1v) is 4.67. The summed E-state index contributed by atoms with van der Waals surface area (Å²) in [6.45, 7) is 3.79. The third-order valence-corrected chi connectivity index (χ3v) is 1.88. The van der Waals surface area contributed by atoms with Gasteiger partial charge >= 0.3 is 0 Å². The first-order valence-electron chi connectivity index (χ1n) is 4.67. The van der Waals surface area contributed by atoms with Crippen molar-refractivity contribution in [1.29, 1.82) is 5.26 Å². The molecule has 0 saturated heterocycles. The maximum absolute atomic E-state index is 11.4.